The molecule has 1 atom stereocenters. The van der Waals surface area contributed by atoms with E-state index in [2.05, 4.69) is 5.32 Å². The van der Waals surface area contributed by atoms with Gasteiger partial charge in [-0.15, -0.1) is 0 Å². The summed E-state index contributed by atoms with van der Waals surface area (Å²) in [6, 6.07) is 12.0. The third-order valence-corrected chi connectivity index (χ3v) is 3.75. The van der Waals surface area contributed by atoms with Gasteiger partial charge in [-0.1, -0.05) is 29.3 Å². The number of amides is 1. The van der Waals surface area contributed by atoms with E-state index in [1.54, 1.807) is 56.5 Å². The molecule has 0 saturated heterocycles. The first-order valence-electron chi connectivity index (χ1n) is 6.57. The van der Waals surface area contributed by atoms with E-state index >= 15 is 0 Å². The molecule has 0 aromatic heterocycles. The van der Waals surface area contributed by atoms with Gasteiger partial charge < -0.3 is 14.8 Å². The molecule has 0 aliphatic heterocycles. The molecule has 116 valence electrons. The minimum absolute atomic E-state index is 0.285. The molecule has 2 aromatic carbocycles. The van der Waals surface area contributed by atoms with Crippen molar-refractivity contribution in [2.75, 3.05) is 12.4 Å². The summed E-state index contributed by atoms with van der Waals surface area (Å²) < 4.78 is 10.6. The van der Waals surface area contributed by atoms with Crippen LogP contribution in [0.1, 0.15) is 6.92 Å². The molecule has 0 spiro atoms. The van der Waals surface area contributed by atoms with Gasteiger partial charge in [0.2, 0.25) is 0 Å². The number of hydrogen-bond acceptors (Lipinski definition) is 3. The van der Waals surface area contributed by atoms with Crippen LogP contribution in [0.3, 0.4) is 0 Å². The van der Waals surface area contributed by atoms with Crippen molar-refractivity contribution in [3.05, 3.63) is 52.5 Å². The fraction of sp³-hybridized carbons (Fsp3) is 0.188. The Labute approximate surface area is 138 Å². The Morgan fingerprint density at radius 1 is 1.14 bits per heavy atom. The maximum absolute atomic E-state index is 12.1. The molecule has 0 heterocycles. The Hall–Kier alpha value is -1.91. The molecule has 0 bridgehead atoms. The topological polar surface area (TPSA) is 47.6 Å². The fourth-order valence-electron chi connectivity index (χ4n) is 1.74. The van der Waals surface area contributed by atoms with E-state index in [-0.39, 0.29) is 10.9 Å². The van der Waals surface area contributed by atoms with Crippen molar-refractivity contribution >= 4 is 34.8 Å². The number of ether oxygens (including phenoxy) is 2. The molecular weight excluding hydrogens is 325 g/mol. The van der Waals surface area contributed by atoms with Gasteiger partial charge >= 0.3 is 0 Å². The summed E-state index contributed by atoms with van der Waals surface area (Å²) in [4.78, 5) is 12.1. The number of anilines is 1. The Morgan fingerprint density at radius 2 is 1.82 bits per heavy atom. The van der Waals surface area contributed by atoms with Crippen LogP contribution in [0.25, 0.3) is 0 Å². The number of hydrogen-bond donors (Lipinski definition) is 1. The number of benzene rings is 2. The molecule has 0 fully saturated rings. The molecule has 0 aliphatic carbocycles. The second-order valence-corrected chi connectivity index (χ2v) is 5.31. The first-order chi connectivity index (χ1) is 10.5. The molecule has 6 heteroatoms. The zero-order valence-corrected chi connectivity index (χ0v) is 13.6. The Kier molecular flexibility index (Phi) is 5.52. The quantitative estimate of drug-likeness (QED) is 0.877. The first-order valence-corrected chi connectivity index (χ1v) is 7.32. The van der Waals surface area contributed by atoms with Crippen molar-refractivity contribution in [2.45, 2.75) is 13.0 Å². The van der Waals surface area contributed by atoms with E-state index in [9.17, 15) is 4.79 Å². The van der Waals surface area contributed by atoms with Crippen LogP contribution in [-0.4, -0.2) is 19.1 Å². The maximum atomic E-state index is 12.1. The summed E-state index contributed by atoms with van der Waals surface area (Å²) in [7, 11) is 1.58. The van der Waals surface area contributed by atoms with Crippen LogP contribution in [0.5, 0.6) is 11.5 Å². The second kappa shape index (κ2) is 7.38. The average molecular weight is 340 g/mol. The Bertz CT molecular complexity index is 659. The van der Waals surface area contributed by atoms with Crippen LogP contribution in [0, 0.1) is 0 Å². The second-order valence-electron chi connectivity index (χ2n) is 4.53. The van der Waals surface area contributed by atoms with E-state index < -0.39 is 6.10 Å². The third-order valence-electron chi connectivity index (χ3n) is 2.95. The van der Waals surface area contributed by atoms with E-state index in [0.29, 0.717) is 22.2 Å². The van der Waals surface area contributed by atoms with Gasteiger partial charge in [0.05, 0.1) is 12.1 Å². The van der Waals surface area contributed by atoms with Gasteiger partial charge in [0, 0.05) is 5.69 Å². The normalized spacial score (nSPS) is 11.6. The van der Waals surface area contributed by atoms with Crippen LogP contribution < -0.4 is 14.8 Å². The van der Waals surface area contributed by atoms with Crippen molar-refractivity contribution in [3.63, 3.8) is 0 Å². The summed E-state index contributed by atoms with van der Waals surface area (Å²) in [6.07, 6.45) is -0.724. The number of methoxy groups -OCH3 is 1. The van der Waals surface area contributed by atoms with Crippen molar-refractivity contribution in [1.29, 1.82) is 0 Å². The number of nitrogens with one attached hydrogen (secondary N) is 1. The Balaban J connectivity index is 2.01. The molecule has 22 heavy (non-hydrogen) atoms. The van der Waals surface area contributed by atoms with E-state index in [1.807, 2.05) is 0 Å². The van der Waals surface area contributed by atoms with Crippen molar-refractivity contribution in [2.24, 2.45) is 0 Å². The predicted molar refractivity (Wildman–Crippen MR) is 88.2 cm³/mol. The zero-order chi connectivity index (χ0) is 16.1. The largest absolute Gasteiger partial charge is 0.497 e. The molecular formula is C16H15Cl2NO3. The van der Waals surface area contributed by atoms with E-state index in [0.717, 1.165) is 0 Å². The third kappa shape index (κ3) is 4.06. The fourth-order valence-corrected chi connectivity index (χ4v) is 2.07. The van der Waals surface area contributed by atoms with Crippen LogP contribution in [0.2, 0.25) is 10.0 Å². The average Bonchev–Trinajstić information content (AvgIpc) is 2.52. The molecule has 0 radical (unpaired) electrons. The maximum Gasteiger partial charge on any atom is 0.265 e. The summed E-state index contributed by atoms with van der Waals surface area (Å²) >= 11 is 11.9. The minimum Gasteiger partial charge on any atom is -0.497 e. The smallest absolute Gasteiger partial charge is 0.265 e. The van der Waals surface area contributed by atoms with Gasteiger partial charge in [-0.2, -0.15) is 0 Å². The van der Waals surface area contributed by atoms with Gasteiger partial charge in [0.15, 0.2) is 6.10 Å². The van der Waals surface area contributed by atoms with Crippen LogP contribution in [-0.2, 0) is 4.79 Å². The lowest BCUT2D eigenvalue weighted by Gasteiger charge is -2.16. The number of halogens is 2. The first kappa shape index (κ1) is 16.5. The SMILES string of the molecule is COc1ccc(NC(=O)C(C)Oc2cccc(Cl)c2Cl)cc1. The van der Waals surface area contributed by atoms with Crippen molar-refractivity contribution in [3.8, 4) is 11.5 Å². The van der Waals surface area contributed by atoms with Crippen molar-refractivity contribution in [1.82, 2.24) is 0 Å². The predicted octanol–water partition coefficient (Wildman–Crippen LogP) is 4.41. The van der Waals surface area contributed by atoms with Gasteiger partial charge in [0.1, 0.15) is 16.5 Å². The van der Waals surface area contributed by atoms with Gasteiger partial charge in [-0.05, 0) is 43.3 Å². The molecule has 0 aliphatic rings. The van der Waals surface area contributed by atoms with Gasteiger partial charge in [0.25, 0.3) is 5.91 Å². The summed E-state index contributed by atoms with van der Waals surface area (Å²) in [6.45, 7) is 1.64. The monoisotopic (exact) mass is 339 g/mol. The lowest BCUT2D eigenvalue weighted by atomic mass is 10.2. The standard InChI is InChI=1S/C16H15Cl2NO3/c1-10(22-14-5-3-4-13(17)15(14)18)16(20)19-11-6-8-12(21-2)9-7-11/h3-10H,1-2H3,(H,19,20). The Morgan fingerprint density at radius 3 is 2.45 bits per heavy atom. The highest BCUT2D eigenvalue weighted by molar-refractivity contribution is 6.42. The molecule has 1 amide bonds. The molecule has 1 unspecified atom stereocenters. The summed E-state index contributed by atoms with van der Waals surface area (Å²) in [5, 5.41) is 3.41. The molecule has 1 N–H and O–H groups in total. The summed E-state index contributed by atoms with van der Waals surface area (Å²) in [5.74, 6) is 0.792. The van der Waals surface area contributed by atoms with Crippen LogP contribution in [0.4, 0.5) is 5.69 Å². The molecule has 0 saturated carbocycles. The lowest BCUT2D eigenvalue weighted by Crippen LogP contribution is -2.30. The highest BCUT2D eigenvalue weighted by Crippen LogP contribution is 2.32. The van der Waals surface area contributed by atoms with Gasteiger partial charge in [-0.3, -0.25) is 4.79 Å². The number of carbonyl (C=O) groups is 1. The lowest BCUT2D eigenvalue weighted by molar-refractivity contribution is -0.122. The zero-order valence-electron chi connectivity index (χ0n) is 12.1. The molecule has 2 rings (SSSR count). The molecule has 2 aromatic rings. The van der Waals surface area contributed by atoms with Crippen LogP contribution >= 0.6 is 23.2 Å². The van der Waals surface area contributed by atoms with Crippen LogP contribution in [0.15, 0.2) is 42.5 Å². The van der Waals surface area contributed by atoms with Gasteiger partial charge in [-0.25, -0.2) is 0 Å². The highest BCUT2D eigenvalue weighted by Gasteiger charge is 2.17. The van der Waals surface area contributed by atoms with E-state index in [4.69, 9.17) is 32.7 Å². The van der Waals surface area contributed by atoms with Crippen molar-refractivity contribution < 1.29 is 14.3 Å². The number of rotatable bonds is 5. The van der Waals surface area contributed by atoms with E-state index in [1.165, 1.54) is 0 Å². The minimum atomic E-state index is -0.724. The summed E-state index contributed by atoms with van der Waals surface area (Å²) in [5.41, 5.74) is 0.651. The highest BCUT2D eigenvalue weighted by atomic mass is 35.5. The molecule has 4 nitrogen and oxygen atoms in total. The number of carbonyl (C=O) groups excluding carboxylic acids is 1.